The van der Waals surface area contributed by atoms with Crippen LogP contribution in [-0.2, 0) is 98.2 Å². The highest BCUT2D eigenvalue weighted by atomic mass is 19.4. The number of likely N-dealkylation sites (tertiary alicyclic amines) is 1. The van der Waals surface area contributed by atoms with Crippen molar-refractivity contribution in [3.63, 3.8) is 0 Å². The number of halogens is 3. The van der Waals surface area contributed by atoms with Crippen LogP contribution in [0.25, 0.3) is 0 Å². The number of aromatic nitrogens is 2. The van der Waals surface area contributed by atoms with E-state index in [1.807, 2.05) is 19.9 Å². The van der Waals surface area contributed by atoms with Crippen molar-refractivity contribution in [1.82, 2.24) is 35.7 Å². The van der Waals surface area contributed by atoms with Gasteiger partial charge in [0.1, 0.15) is 0 Å². The summed E-state index contributed by atoms with van der Waals surface area (Å²) in [6.07, 6.45) is 2.30. The fourth-order valence-electron chi connectivity index (χ4n) is 11.3. The van der Waals surface area contributed by atoms with Crippen LogP contribution in [0.4, 0.5) is 13.2 Å². The third-order valence-corrected chi connectivity index (χ3v) is 16.2. The number of carbonyl (C=O) groups is 4. The topological polar surface area (TPSA) is 266 Å². The van der Waals surface area contributed by atoms with Crippen LogP contribution in [0.3, 0.4) is 0 Å². The largest absolute Gasteiger partial charge is 0.417 e. The van der Waals surface area contributed by atoms with Crippen LogP contribution in [0.5, 0.6) is 0 Å². The SMILES string of the molecule is CO[C@@H]1COCC[C@@H]1N[C@@H]1CC[C@@](C(=O)N2Cc3cc(C(F)(F)F)cnc3[C@@H](NC(=O)CCOCCOCCOCCOCCOCCOCCOCCOCCOCCOCCOCCOCCNC(=O)[C@H]3CC(=O)N(C)[C@@H]3c3cccnc3)C2)(C(C)C)C1. The number of rotatable bonds is 47. The lowest BCUT2D eigenvalue weighted by molar-refractivity contribution is -0.147. The van der Waals surface area contributed by atoms with Crippen LogP contribution in [-0.4, -0.2) is 261 Å². The highest BCUT2D eigenvalue weighted by molar-refractivity contribution is 5.90. The molecule has 2 saturated heterocycles. The Morgan fingerprint density at radius 3 is 1.74 bits per heavy atom. The molecule has 3 N–H and O–H groups in total. The van der Waals surface area contributed by atoms with Gasteiger partial charge in [0, 0.05) is 83.9 Å². The second-order valence-corrected chi connectivity index (χ2v) is 22.7. The van der Waals surface area contributed by atoms with Gasteiger partial charge in [0.05, 0.1) is 206 Å². The van der Waals surface area contributed by atoms with Crippen molar-refractivity contribution < 1.29 is 98.7 Å². The number of hydrogen-bond donors (Lipinski definition) is 3. The Bertz CT molecular complexity index is 2360. The molecule has 4 aliphatic rings. The van der Waals surface area contributed by atoms with E-state index >= 15 is 0 Å². The number of ether oxygens (including phenoxy) is 14. The number of pyridine rings is 2. The van der Waals surface area contributed by atoms with Gasteiger partial charge < -0.3 is 92.1 Å². The van der Waals surface area contributed by atoms with Gasteiger partial charge in [0.15, 0.2) is 0 Å². The molecule has 25 nitrogen and oxygen atoms in total. The average molecular weight is 1290 g/mol. The van der Waals surface area contributed by atoms with E-state index in [1.54, 1.807) is 42.4 Å². The highest BCUT2D eigenvalue weighted by Gasteiger charge is 2.51. The van der Waals surface area contributed by atoms with E-state index in [-0.39, 0.29) is 105 Å². The second kappa shape index (κ2) is 41.9. The molecule has 90 heavy (non-hydrogen) atoms. The number of hydrogen-bond acceptors (Lipinski definition) is 21. The zero-order valence-electron chi connectivity index (χ0n) is 53.0. The third kappa shape index (κ3) is 25.7. The predicted molar refractivity (Wildman–Crippen MR) is 319 cm³/mol. The van der Waals surface area contributed by atoms with Crippen LogP contribution < -0.4 is 16.0 Å². The molecule has 0 radical (unpaired) electrons. The van der Waals surface area contributed by atoms with Crippen molar-refractivity contribution in [2.45, 2.75) is 95.4 Å². The number of amides is 4. The van der Waals surface area contributed by atoms with E-state index in [0.717, 1.165) is 30.7 Å². The summed E-state index contributed by atoms with van der Waals surface area (Å²) < 4.78 is 119. The minimum atomic E-state index is -4.63. The molecule has 4 amide bonds. The van der Waals surface area contributed by atoms with Gasteiger partial charge in [-0.15, -0.1) is 0 Å². The molecule has 0 unspecified atom stereocenters. The normalized spacial score (nSPS) is 22.0. The van der Waals surface area contributed by atoms with Gasteiger partial charge in [-0.25, -0.2) is 0 Å². The molecule has 3 aliphatic heterocycles. The van der Waals surface area contributed by atoms with Crippen LogP contribution in [0.1, 0.15) is 86.8 Å². The number of nitrogens with one attached hydrogen (secondary N) is 3. The molecule has 1 saturated carbocycles. The molecule has 2 aromatic heterocycles. The minimum absolute atomic E-state index is 0.0113. The Kier molecular flexibility index (Phi) is 34.6. The van der Waals surface area contributed by atoms with Gasteiger partial charge in [0.25, 0.3) is 0 Å². The van der Waals surface area contributed by atoms with Gasteiger partial charge in [0.2, 0.25) is 23.6 Å². The number of fused-ring (bicyclic) bond motifs is 1. The molecule has 28 heteroatoms. The lowest BCUT2D eigenvalue weighted by Gasteiger charge is -2.42. The monoisotopic (exact) mass is 1290 g/mol. The molecule has 1 aliphatic carbocycles. The summed E-state index contributed by atoms with van der Waals surface area (Å²) in [5, 5.41) is 9.52. The summed E-state index contributed by atoms with van der Waals surface area (Å²) in [6.45, 7) is 14.8. The summed E-state index contributed by atoms with van der Waals surface area (Å²) in [7, 11) is 3.37. The number of nitrogens with zero attached hydrogens (tertiary/aromatic N) is 4. The number of methoxy groups -OCH3 is 1. The average Bonchev–Trinajstić information content (AvgIpc) is 1.57. The maximum Gasteiger partial charge on any atom is 0.417 e. The Hall–Kier alpha value is -4.63. The Morgan fingerprint density at radius 2 is 1.26 bits per heavy atom. The smallest absolute Gasteiger partial charge is 0.379 e. The maximum atomic E-state index is 14.6. The van der Waals surface area contributed by atoms with Gasteiger partial charge in [-0.3, -0.25) is 29.1 Å². The fourth-order valence-corrected chi connectivity index (χ4v) is 11.3. The van der Waals surface area contributed by atoms with Crippen LogP contribution >= 0.6 is 0 Å². The van der Waals surface area contributed by atoms with Gasteiger partial charge >= 0.3 is 6.18 Å². The van der Waals surface area contributed by atoms with Gasteiger partial charge in [-0.05, 0) is 54.9 Å². The first-order chi connectivity index (χ1) is 43.7. The zero-order valence-corrected chi connectivity index (χ0v) is 53.0. The summed E-state index contributed by atoms with van der Waals surface area (Å²) in [5.41, 5.74) is -0.248. The zero-order chi connectivity index (χ0) is 64.2. The molecule has 510 valence electrons. The van der Waals surface area contributed by atoms with Gasteiger partial charge in [-0.2, -0.15) is 13.2 Å². The third-order valence-electron chi connectivity index (χ3n) is 16.2. The van der Waals surface area contributed by atoms with Crippen molar-refractivity contribution >= 4 is 23.6 Å². The first kappa shape index (κ1) is 74.4. The van der Waals surface area contributed by atoms with E-state index in [0.29, 0.717) is 177 Å². The summed E-state index contributed by atoms with van der Waals surface area (Å²) in [5.74, 6) is -1.29. The lowest BCUT2D eigenvalue weighted by Crippen LogP contribution is -2.53. The molecule has 0 aromatic carbocycles. The van der Waals surface area contributed by atoms with Crippen molar-refractivity contribution in [2.24, 2.45) is 17.3 Å². The predicted octanol–water partition coefficient (Wildman–Crippen LogP) is 3.51. The molecule has 5 heterocycles. The molecular weight excluding hydrogens is 1190 g/mol. The van der Waals surface area contributed by atoms with E-state index in [1.165, 1.54) is 0 Å². The first-order valence-corrected chi connectivity index (χ1v) is 31.6. The van der Waals surface area contributed by atoms with Crippen molar-refractivity contribution in [3.05, 3.63) is 59.2 Å². The molecule has 2 aromatic rings. The van der Waals surface area contributed by atoms with Crippen molar-refractivity contribution in [2.75, 3.05) is 199 Å². The van der Waals surface area contributed by atoms with Crippen LogP contribution in [0, 0.1) is 17.3 Å². The number of alkyl halides is 3. The molecular formula is C62H98F3N7O18. The van der Waals surface area contributed by atoms with E-state index in [4.69, 9.17) is 66.3 Å². The summed E-state index contributed by atoms with van der Waals surface area (Å²) >= 11 is 0. The maximum absolute atomic E-state index is 14.6. The Morgan fingerprint density at radius 1 is 0.733 bits per heavy atom. The van der Waals surface area contributed by atoms with Crippen molar-refractivity contribution in [3.8, 4) is 0 Å². The Labute approximate surface area is 527 Å². The molecule has 0 spiro atoms. The molecule has 7 atom stereocenters. The standard InChI is InChI=1S/C62H98F3N7O18/c1-46(2)61(10-7-50(40-61)69-52-8-13-90-45-54(52)77-4)60(76)72-43-48-38-49(62(63,64)65)42-68-57(48)53(44-72)70-55(73)9-14-78-16-18-80-20-22-82-24-26-84-28-30-86-32-34-88-36-37-89-35-33-87-31-29-85-27-25-83-23-21-81-19-17-79-15-12-67-59(75)51-39-56(74)71(3)58(51)47-6-5-11-66-41-47/h5-6,11,38,41-42,46,50-54,58,69H,7-10,12-37,39-40,43-45H2,1-4H3,(H,67,75)(H,70,73)/t50-,51+,52+,53+,54-,58-,61+/m1/s1. The summed E-state index contributed by atoms with van der Waals surface area (Å²) in [6, 6.07) is 3.71. The fraction of sp³-hybridized carbons (Fsp3) is 0.774. The summed E-state index contributed by atoms with van der Waals surface area (Å²) in [4.78, 5) is 64.6. The van der Waals surface area contributed by atoms with E-state index < -0.39 is 29.1 Å². The quantitative estimate of drug-likeness (QED) is 0.0801. The molecule has 3 fully saturated rings. The Balaban J connectivity index is 0.656. The first-order valence-electron chi connectivity index (χ1n) is 31.6. The van der Waals surface area contributed by atoms with Gasteiger partial charge in [-0.1, -0.05) is 19.9 Å². The lowest BCUT2D eigenvalue weighted by atomic mass is 9.73. The highest BCUT2D eigenvalue weighted by Crippen LogP contribution is 2.47. The van der Waals surface area contributed by atoms with Crippen molar-refractivity contribution in [1.29, 1.82) is 0 Å². The van der Waals surface area contributed by atoms with E-state index in [2.05, 4.69) is 25.9 Å². The molecule has 0 bridgehead atoms. The molecule has 6 rings (SSSR count). The number of carbonyl (C=O) groups excluding carboxylic acids is 4. The minimum Gasteiger partial charge on any atom is -0.379 e. The van der Waals surface area contributed by atoms with Crippen LogP contribution in [0.2, 0.25) is 0 Å². The van der Waals surface area contributed by atoms with Crippen LogP contribution in [0.15, 0.2) is 36.8 Å². The second-order valence-electron chi connectivity index (χ2n) is 22.7. The van der Waals surface area contributed by atoms with E-state index in [9.17, 15) is 32.3 Å².